The van der Waals surface area contributed by atoms with Gasteiger partial charge in [0.25, 0.3) is 0 Å². The second kappa shape index (κ2) is 10.4. The number of nitrogens with one attached hydrogen (secondary N) is 3. The van der Waals surface area contributed by atoms with Gasteiger partial charge in [-0.25, -0.2) is 9.97 Å². The fourth-order valence-corrected chi connectivity index (χ4v) is 4.62. The highest BCUT2D eigenvalue weighted by molar-refractivity contribution is 5.97. The van der Waals surface area contributed by atoms with Gasteiger partial charge in [-0.1, -0.05) is 26.2 Å². The number of hydrogen-bond acceptors (Lipinski definition) is 6. The zero-order valence-electron chi connectivity index (χ0n) is 21.8. The molecule has 0 unspecified atom stereocenters. The number of hydrogen-bond donors (Lipinski definition) is 3. The first-order chi connectivity index (χ1) is 18.0. The second-order valence-corrected chi connectivity index (χ2v) is 9.36. The van der Waals surface area contributed by atoms with Gasteiger partial charge in [0.15, 0.2) is 0 Å². The van der Waals surface area contributed by atoms with Gasteiger partial charge in [-0.15, -0.1) is 0 Å². The first kappa shape index (κ1) is 24.5. The van der Waals surface area contributed by atoms with Crippen LogP contribution >= 0.6 is 0 Å². The summed E-state index contributed by atoms with van der Waals surface area (Å²) < 4.78 is 0. The van der Waals surface area contributed by atoms with Gasteiger partial charge in [0.2, 0.25) is 0 Å². The molecule has 1 aliphatic rings. The molecular weight excluding hydrogens is 460 g/mol. The summed E-state index contributed by atoms with van der Waals surface area (Å²) in [7, 11) is 2.17. The van der Waals surface area contributed by atoms with E-state index in [1.165, 1.54) is 5.69 Å². The van der Waals surface area contributed by atoms with Crippen LogP contribution in [0.3, 0.4) is 0 Å². The largest absolute Gasteiger partial charge is 0.368 e. The Hall–Kier alpha value is -4.17. The normalized spacial score (nSPS) is 15.5. The lowest BCUT2D eigenvalue weighted by molar-refractivity contribution is 0.313. The van der Waals surface area contributed by atoms with Gasteiger partial charge in [0.05, 0.1) is 16.9 Å². The van der Waals surface area contributed by atoms with Crippen molar-refractivity contribution in [3.05, 3.63) is 78.9 Å². The maximum absolute atomic E-state index is 5.01. The lowest BCUT2D eigenvalue weighted by Gasteiger charge is -2.34. The van der Waals surface area contributed by atoms with Gasteiger partial charge in [-0.3, -0.25) is 5.10 Å². The minimum Gasteiger partial charge on any atom is -0.368 e. The molecule has 4 aromatic rings. The van der Waals surface area contributed by atoms with Crippen molar-refractivity contribution in [2.24, 2.45) is 0 Å². The Labute approximate surface area is 217 Å². The van der Waals surface area contributed by atoms with Crippen molar-refractivity contribution in [3.8, 4) is 11.4 Å². The summed E-state index contributed by atoms with van der Waals surface area (Å²) in [6, 6.07) is 8.28. The van der Waals surface area contributed by atoms with Crippen LogP contribution in [0.15, 0.2) is 73.2 Å². The van der Waals surface area contributed by atoms with Crippen LogP contribution in [-0.4, -0.2) is 63.3 Å². The fraction of sp³-hybridized carbons (Fsp3) is 0.276. The summed E-state index contributed by atoms with van der Waals surface area (Å²) in [6.07, 6.45) is 8.59. The molecule has 0 bridgehead atoms. The molecule has 4 aromatic heterocycles. The van der Waals surface area contributed by atoms with Crippen LogP contribution in [0.1, 0.15) is 26.0 Å². The molecule has 0 atom stereocenters. The van der Waals surface area contributed by atoms with Crippen molar-refractivity contribution < 1.29 is 0 Å². The van der Waals surface area contributed by atoms with Crippen molar-refractivity contribution in [1.29, 1.82) is 0 Å². The van der Waals surface area contributed by atoms with E-state index in [4.69, 9.17) is 4.98 Å². The maximum Gasteiger partial charge on any atom is 0.139 e. The first-order valence-electron chi connectivity index (χ1n) is 12.7. The molecule has 8 nitrogen and oxygen atoms in total. The Bertz CT molecular complexity index is 1510. The molecule has 37 heavy (non-hydrogen) atoms. The van der Waals surface area contributed by atoms with Crippen LogP contribution in [-0.2, 0) is 0 Å². The van der Waals surface area contributed by atoms with Crippen molar-refractivity contribution >= 4 is 33.3 Å². The number of aromatic amines is 2. The Morgan fingerprint density at radius 2 is 2.00 bits per heavy atom. The van der Waals surface area contributed by atoms with Crippen molar-refractivity contribution in [2.45, 2.75) is 20.3 Å². The standard InChI is InChI=1S/C29H34N8/c1-6-19(4)31-21(8-3)17-20(7-2)23-9-10-24-27(32-23)28(35-34-24)25-18-22-26(11-12-30-29(22)33-25)37-15-13-36(5)14-16-37/h7-12,17-18,31H,3-4,6,13-16H2,1-2,5H3,(H,30,33)(H,34,35)/b20-7+,21-17+. The molecule has 3 N–H and O–H groups in total. The summed E-state index contributed by atoms with van der Waals surface area (Å²) in [5.41, 5.74) is 9.07. The molecule has 5 heterocycles. The number of fused-ring (bicyclic) bond motifs is 2. The van der Waals surface area contributed by atoms with Gasteiger partial charge >= 0.3 is 0 Å². The van der Waals surface area contributed by atoms with Gasteiger partial charge in [-0.05, 0) is 62.4 Å². The van der Waals surface area contributed by atoms with Crippen LogP contribution in [0.4, 0.5) is 5.69 Å². The van der Waals surface area contributed by atoms with Gasteiger partial charge in [0.1, 0.15) is 16.9 Å². The van der Waals surface area contributed by atoms with E-state index in [0.717, 1.165) is 88.7 Å². The van der Waals surface area contributed by atoms with Crippen LogP contribution in [0, 0.1) is 0 Å². The predicted molar refractivity (Wildman–Crippen MR) is 153 cm³/mol. The quantitative estimate of drug-likeness (QED) is 0.290. The predicted octanol–water partition coefficient (Wildman–Crippen LogP) is 5.24. The van der Waals surface area contributed by atoms with E-state index in [9.17, 15) is 0 Å². The molecule has 0 aromatic carbocycles. The minimum absolute atomic E-state index is 0.778. The average molecular weight is 495 g/mol. The lowest BCUT2D eigenvalue weighted by Crippen LogP contribution is -2.44. The molecule has 0 radical (unpaired) electrons. The number of pyridine rings is 2. The maximum atomic E-state index is 5.01. The summed E-state index contributed by atoms with van der Waals surface area (Å²) in [5.74, 6) is 0. The number of anilines is 1. The minimum atomic E-state index is 0.778. The summed E-state index contributed by atoms with van der Waals surface area (Å²) in [6.45, 7) is 16.2. The number of piperazine rings is 1. The zero-order valence-corrected chi connectivity index (χ0v) is 21.8. The molecule has 190 valence electrons. The van der Waals surface area contributed by atoms with Gasteiger partial charge in [0, 0.05) is 54.8 Å². The van der Waals surface area contributed by atoms with Crippen LogP contribution in [0.2, 0.25) is 0 Å². The third-order valence-corrected chi connectivity index (χ3v) is 6.90. The Balaban J connectivity index is 1.52. The van der Waals surface area contributed by atoms with E-state index < -0.39 is 0 Å². The zero-order chi connectivity index (χ0) is 25.9. The SMILES string of the molecule is C=C/C(=C\C(=C/C)c1ccc2[nH]nc(-c3cc4c(N5CCN(C)CC5)ccnc4[nH]3)c2n1)NC(=C)CC. The molecule has 1 saturated heterocycles. The summed E-state index contributed by atoms with van der Waals surface area (Å²) in [5, 5.41) is 12.2. The average Bonchev–Trinajstić information content (AvgIpc) is 3.55. The summed E-state index contributed by atoms with van der Waals surface area (Å²) in [4.78, 5) is 17.9. The van der Waals surface area contributed by atoms with Crippen LogP contribution in [0.5, 0.6) is 0 Å². The van der Waals surface area contributed by atoms with Gasteiger partial charge in [-0.2, -0.15) is 5.10 Å². The molecule has 0 amide bonds. The highest BCUT2D eigenvalue weighted by atomic mass is 15.2. The number of nitrogens with zero attached hydrogens (tertiary/aromatic N) is 5. The Morgan fingerprint density at radius 3 is 2.73 bits per heavy atom. The highest BCUT2D eigenvalue weighted by Gasteiger charge is 2.20. The van der Waals surface area contributed by atoms with Crippen molar-refractivity contribution in [3.63, 3.8) is 0 Å². The Kier molecular flexibility index (Phi) is 6.92. The van der Waals surface area contributed by atoms with E-state index >= 15 is 0 Å². The monoisotopic (exact) mass is 494 g/mol. The van der Waals surface area contributed by atoms with Crippen molar-refractivity contribution in [1.82, 2.24) is 35.4 Å². The van der Waals surface area contributed by atoms with E-state index in [0.29, 0.717) is 0 Å². The smallest absolute Gasteiger partial charge is 0.139 e. The van der Waals surface area contributed by atoms with Crippen molar-refractivity contribution in [2.75, 3.05) is 38.1 Å². The van der Waals surface area contributed by atoms with Crippen LogP contribution < -0.4 is 10.2 Å². The number of allylic oxidation sites excluding steroid dienone is 5. The summed E-state index contributed by atoms with van der Waals surface area (Å²) >= 11 is 0. The molecule has 1 aliphatic heterocycles. The highest BCUT2D eigenvalue weighted by Crippen LogP contribution is 2.33. The molecule has 8 heteroatoms. The molecular formula is C29H34N8. The number of rotatable bonds is 8. The van der Waals surface area contributed by atoms with E-state index in [1.54, 1.807) is 6.08 Å². The third-order valence-electron chi connectivity index (χ3n) is 6.90. The van der Waals surface area contributed by atoms with Crippen LogP contribution in [0.25, 0.3) is 39.0 Å². The third kappa shape index (κ3) is 4.93. The molecule has 1 fully saturated rings. The first-order valence-corrected chi connectivity index (χ1v) is 12.7. The van der Waals surface area contributed by atoms with Gasteiger partial charge < -0.3 is 20.1 Å². The fourth-order valence-electron chi connectivity index (χ4n) is 4.62. The lowest BCUT2D eigenvalue weighted by atomic mass is 10.1. The number of likely N-dealkylation sites (N-methyl/N-ethyl adjacent to an activating group) is 1. The molecule has 0 aliphatic carbocycles. The van der Waals surface area contributed by atoms with E-state index in [1.807, 2.05) is 37.4 Å². The second-order valence-electron chi connectivity index (χ2n) is 9.36. The Morgan fingerprint density at radius 1 is 1.19 bits per heavy atom. The number of aromatic nitrogens is 5. The molecule has 0 saturated carbocycles. The topological polar surface area (TPSA) is 88.8 Å². The van der Waals surface area contributed by atoms with E-state index in [-0.39, 0.29) is 0 Å². The number of H-pyrrole nitrogens is 2. The molecule has 0 spiro atoms. The molecule has 5 rings (SSSR count). The van der Waals surface area contributed by atoms with E-state index in [2.05, 4.69) is 74.5 Å².